The molecule has 0 saturated carbocycles. The summed E-state index contributed by atoms with van der Waals surface area (Å²) in [6, 6.07) is 12.6. The number of amides is 1. The Morgan fingerprint density at radius 2 is 1.80 bits per heavy atom. The molecule has 0 aliphatic rings. The SMILES string of the molecule is CCCOc1ccc(C(=O)NC(C)(C)COc2cccc3nc(C)cc(N)c23)cc1OC.O=C=O. The highest BCUT2D eigenvalue weighted by Crippen LogP contribution is 2.31. The van der Waals surface area contributed by atoms with Crippen LogP contribution in [0.3, 0.4) is 0 Å². The van der Waals surface area contributed by atoms with Crippen molar-refractivity contribution in [2.45, 2.75) is 39.7 Å². The van der Waals surface area contributed by atoms with Crippen LogP contribution in [0.4, 0.5) is 5.69 Å². The van der Waals surface area contributed by atoms with E-state index < -0.39 is 5.54 Å². The zero-order chi connectivity index (χ0) is 26.0. The molecule has 1 amide bonds. The van der Waals surface area contributed by atoms with Gasteiger partial charge in [0.05, 0.1) is 30.2 Å². The summed E-state index contributed by atoms with van der Waals surface area (Å²) in [6.45, 7) is 8.57. The minimum absolute atomic E-state index is 0.228. The summed E-state index contributed by atoms with van der Waals surface area (Å²) < 4.78 is 17.1. The smallest absolute Gasteiger partial charge is 0.373 e. The maximum atomic E-state index is 12.9. The van der Waals surface area contributed by atoms with Gasteiger partial charge in [-0.15, -0.1) is 0 Å². The highest BCUT2D eigenvalue weighted by Gasteiger charge is 2.24. The number of carbonyl (C=O) groups excluding carboxylic acids is 3. The van der Waals surface area contributed by atoms with Crippen molar-refractivity contribution in [3.8, 4) is 17.2 Å². The molecule has 186 valence electrons. The molecular weight excluding hydrogens is 450 g/mol. The molecule has 1 heterocycles. The first-order valence-electron chi connectivity index (χ1n) is 11.1. The molecule has 0 radical (unpaired) electrons. The fourth-order valence-electron chi connectivity index (χ4n) is 3.36. The molecule has 0 atom stereocenters. The third-order valence-electron chi connectivity index (χ3n) is 4.88. The summed E-state index contributed by atoms with van der Waals surface area (Å²) in [7, 11) is 1.56. The molecule has 9 heteroatoms. The van der Waals surface area contributed by atoms with E-state index in [1.54, 1.807) is 25.3 Å². The number of nitrogens with one attached hydrogen (secondary N) is 1. The Morgan fingerprint density at radius 3 is 2.46 bits per heavy atom. The fraction of sp³-hybridized carbons (Fsp3) is 0.346. The first-order valence-corrected chi connectivity index (χ1v) is 11.1. The minimum atomic E-state index is -0.642. The third-order valence-corrected chi connectivity index (χ3v) is 4.88. The summed E-state index contributed by atoms with van der Waals surface area (Å²) in [4.78, 5) is 33.6. The Bertz CT molecular complexity index is 1200. The van der Waals surface area contributed by atoms with Crippen LogP contribution < -0.4 is 25.3 Å². The Balaban J connectivity index is 0.00000137. The zero-order valence-corrected chi connectivity index (χ0v) is 20.6. The lowest BCUT2D eigenvalue weighted by Crippen LogP contribution is -2.47. The lowest BCUT2D eigenvalue weighted by Gasteiger charge is -2.27. The Kier molecular flexibility index (Phi) is 9.61. The van der Waals surface area contributed by atoms with Crippen LogP contribution >= 0.6 is 0 Å². The normalized spacial score (nSPS) is 10.5. The van der Waals surface area contributed by atoms with Crippen molar-refractivity contribution in [1.29, 1.82) is 0 Å². The average Bonchev–Trinajstić information content (AvgIpc) is 2.81. The van der Waals surface area contributed by atoms with Crippen LogP contribution in [0.1, 0.15) is 43.2 Å². The molecule has 3 aromatic rings. The number of benzene rings is 2. The summed E-state index contributed by atoms with van der Waals surface area (Å²) in [6.07, 6.45) is 1.14. The number of aryl methyl sites for hydroxylation is 1. The van der Waals surface area contributed by atoms with E-state index in [0.717, 1.165) is 23.0 Å². The number of nitrogens with zero attached hydrogens (tertiary/aromatic N) is 1. The highest BCUT2D eigenvalue weighted by atomic mass is 16.5. The Morgan fingerprint density at radius 1 is 1.09 bits per heavy atom. The van der Waals surface area contributed by atoms with Gasteiger partial charge >= 0.3 is 6.15 Å². The average molecular weight is 482 g/mol. The van der Waals surface area contributed by atoms with Crippen LogP contribution in [0, 0.1) is 6.92 Å². The lowest BCUT2D eigenvalue weighted by molar-refractivity contribution is -0.191. The van der Waals surface area contributed by atoms with E-state index in [2.05, 4.69) is 10.3 Å². The molecule has 0 spiro atoms. The van der Waals surface area contributed by atoms with Crippen molar-refractivity contribution < 1.29 is 28.6 Å². The van der Waals surface area contributed by atoms with Crippen LogP contribution in [0.2, 0.25) is 0 Å². The van der Waals surface area contributed by atoms with E-state index in [1.807, 2.05) is 52.0 Å². The van der Waals surface area contributed by atoms with Gasteiger partial charge in [0.25, 0.3) is 5.91 Å². The number of rotatable bonds is 9. The summed E-state index contributed by atoms with van der Waals surface area (Å²) in [5.41, 5.74) is 8.29. The molecule has 0 fully saturated rings. The van der Waals surface area contributed by atoms with E-state index in [9.17, 15) is 4.79 Å². The van der Waals surface area contributed by atoms with Gasteiger partial charge in [-0.1, -0.05) is 13.0 Å². The van der Waals surface area contributed by atoms with E-state index in [4.69, 9.17) is 29.5 Å². The maximum absolute atomic E-state index is 12.9. The van der Waals surface area contributed by atoms with Crippen molar-refractivity contribution in [1.82, 2.24) is 10.3 Å². The predicted octanol–water partition coefficient (Wildman–Crippen LogP) is 3.93. The first kappa shape index (κ1) is 27.1. The van der Waals surface area contributed by atoms with Crippen molar-refractivity contribution in [2.24, 2.45) is 0 Å². The van der Waals surface area contributed by atoms with Crippen LogP contribution in [-0.2, 0) is 9.59 Å². The third kappa shape index (κ3) is 7.45. The molecule has 0 bridgehead atoms. The summed E-state index contributed by atoms with van der Waals surface area (Å²) in [5, 5.41) is 3.79. The van der Waals surface area contributed by atoms with Crippen LogP contribution in [0.15, 0.2) is 42.5 Å². The molecule has 3 rings (SSSR count). The Labute approximate surface area is 204 Å². The number of aromatic nitrogens is 1. The van der Waals surface area contributed by atoms with Crippen molar-refractivity contribution in [3.05, 3.63) is 53.7 Å². The number of nitrogens with two attached hydrogens (primary N) is 1. The minimum Gasteiger partial charge on any atom is -0.493 e. The second-order valence-corrected chi connectivity index (χ2v) is 8.43. The number of ether oxygens (including phenoxy) is 3. The molecule has 3 N–H and O–H groups in total. The maximum Gasteiger partial charge on any atom is 0.373 e. The second kappa shape index (κ2) is 12.4. The number of hydrogen-bond acceptors (Lipinski definition) is 8. The van der Waals surface area contributed by atoms with Crippen LogP contribution in [0.25, 0.3) is 10.9 Å². The highest BCUT2D eigenvalue weighted by molar-refractivity contribution is 5.96. The lowest BCUT2D eigenvalue weighted by atomic mass is 10.1. The van der Waals surface area contributed by atoms with Crippen LogP contribution in [0.5, 0.6) is 17.2 Å². The molecular formula is C26H31N3O6. The van der Waals surface area contributed by atoms with Gasteiger partial charge in [0.2, 0.25) is 0 Å². The van der Waals surface area contributed by atoms with Gasteiger partial charge in [-0.25, -0.2) is 0 Å². The fourth-order valence-corrected chi connectivity index (χ4v) is 3.36. The van der Waals surface area contributed by atoms with Crippen molar-refractivity contribution >= 4 is 28.6 Å². The van der Waals surface area contributed by atoms with Gasteiger partial charge < -0.3 is 25.3 Å². The largest absolute Gasteiger partial charge is 0.493 e. The van der Waals surface area contributed by atoms with E-state index in [-0.39, 0.29) is 18.7 Å². The first-order chi connectivity index (χ1) is 16.6. The molecule has 2 aromatic carbocycles. The second-order valence-electron chi connectivity index (χ2n) is 8.43. The van der Waals surface area contributed by atoms with Gasteiger partial charge in [0, 0.05) is 16.9 Å². The number of nitrogen functional groups attached to an aromatic ring is 1. The molecule has 0 aliphatic heterocycles. The van der Waals surface area contributed by atoms with Gasteiger partial charge in [0.15, 0.2) is 11.5 Å². The number of pyridine rings is 1. The van der Waals surface area contributed by atoms with Crippen LogP contribution in [-0.4, -0.2) is 42.9 Å². The molecule has 35 heavy (non-hydrogen) atoms. The van der Waals surface area contributed by atoms with Gasteiger partial charge in [-0.05, 0) is 63.6 Å². The molecule has 1 aromatic heterocycles. The molecule has 0 saturated heterocycles. The Hall–Kier alpha value is -4.10. The zero-order valence-electron chi connectivity index (χ0n) is 20.6. The number of hydrogen-bond donors (Lipinski definition) is 2. The predicted molar refractivity (Wildman–Crippen MR) is 132 cm³/mol. The van der Waals surface area contributed by atoms with Crippen molar-refractivity contribution in [3.63, 3.8) is 0 Å². The number of fused-ring (bicyclic) bond motifs is 1. The monoisotopic (exact) mass is 481 g/mol. The topological polar surface area (TPSA) is 130 Å². The van der Waals surface area contributed by atoms with Gasteiger partial charge in [0.1, 0.15) is 12.4 Å². The standard InChI is InChI=1S/C25H31N3O4.CO2/c1-6-12-31-20-11-10-17(14-22(20)30-5)24(29)28-25(3,4)15-32-21-9-7-8-19-23(21)18(26)13-16(2)27-19;2-1-3/h7-11,13-14H,6,12,15H2,1-5H3,(H2,26,27)(H,28,29);. The number of carbonyl (C=O) groups is 1. The van der Waals surface area contributed by atoms with E-state index >= 15 is 0 Å². The summed E-state index contributed by atoms with van der Waals surface area (Å²) >= 11 is 0. The van der Waals surface area contributed by atoms with E-state index in [1.165, 1.54) is 0 Å². The molecule has 0 unspecified atom stereocenters. The van der Waals surface area contributed by atoms with Gasteiger partial charge in [-0.2, -0.15) is 9.59 Å². The number of anilines is 1. The molecule has 0 aliphatic carbocycles. The van der Waals surface area contributed by atoms with Gasteiger partial charge in [-0.3, -0.25) is 9.78 Å². The summed E-state index contributed by atoms with van der Waals surface area (Å²) in [5.74, 6) is 1.54. The molecule has 9 nitrogen and oxygen atoms in total. The van der Waals surface area contributed by atoms with E-state index in [0.29, 0.717) is 35.1 Å². The van der Waals surface area contributed by atoms with Crippen molar-refractivity contribution in [2.75, 3.05) is 26.1 Å². The number of methoxy groups -OCH3 is 1. The quantitative estimate of drug-likeness (QED) is 0.470.